The first-order valence-electron chi connectivity index (χ1n) is 7.59. The van der Waals surface area contributed by atoms with Crippen molar-refractivity contribution in [3.05, 3.63) is 83.9 Å². The monoisotopic (exact) mass is 300 g/mol. The molecule has 0 unspecified atom stereocenters. The summed E-state index contributed by atoms with van der Waals surface area (Å²) in [6.07, 6.45) is 0. The second-order valence-corrected chi connectivity index (χ2v) is 5.69. The SMILES string of the molecule is Nc1ccc(C(=O)N2Cc3ccccc3-c3ccccc32)cc1. The number of anilines is 2. The maximum Gasteiger partial charge on any atom is 0.258 e. The number of rotatable bonds is 1. The Bertz CT molecular complexity index is 884. The van der Waals surface area contributed by atoms with E-state index in [9.17, 15) is 4.79 Å². The number of carbonyl (C=O) groups excluding carboxylic acids is 1. The zero-order valence-electron chi connectivity index (χ0n) is 12.6. The fraction of sp³-hybridized carbons (Fsp3) is 0.0500. The molecule has 1 aliphatic rings. The predicted octanol–water partition coefficient (Wildman–Crippen LogP) is 4.10. The summed E-state index contributed by atoms with van der Waals surface area (Å²) in [4.78, 5) is 14.8. The van der Waals surface area contributed by atoms with Gasteiger partial charge in [-0.25, -0.2) is 0 Å². The third-order valence-electron chi connectivity index (χ3n) is 4.23. The molecule has 0 saturated carbocycles. The lowest BCUT2D eigenvalue weighted by Crippen LogP contribution is -2.33. The Kier molecular flexibility index (Phi) is 3.12. The largest absolute Gasteiger partial charge is 0.399 e. The van der Waals surface area contributed by atoms with E-state index in [0.29, 0.717) is 17.8 Å². The summed E-state index contributed by atoms with van der Waals surface area (Å²) < 4.78 is 0. The van der Waals surface area contributed by atoms with Gasteiger partial charge in [-0.15, -0.1) is 0 Å². The molecule has 0 fully saturated rings. The summed E-state index contributed by atoms with van der Waals surface area (Å²) in [5.74, 6) is -0.00745. The van der Waals surface area contributed by atoms with Crippen LogP contribution in [0, 0.1) is 0 Å². The highest BCUT2D eigenvalue weighted by atomic mass is 16.2. The lowest BCUT2D eigenvalue weighted by molar-refractivity contribution is 0.0985. The molecule has 0 atom stereocenters. The molecule has 0 bridgehead atoms. The van der Waals surface area contributed by atoms with Crippen molar-refractivity contribution in [1.82, 2.24) is 0 Å². The molecule has 112 valence electrons. The molecule has 3 aromatic rings. The molecular formula is C20H16N2O. The summed E-state index contributed by atoms with van der Waals surface area (Å²) in [7, 11) is 0. The zero-order chi connectivity index (χ0) is 15.8. The Balaban J connectivity index is 1.82. The average Bonchev–Trinajstić information content (AvgIpc) is 2.61. The van der Waals surface area contributed by atoms with E-state index in [2.05, 4.69) is 18.2 Å². The predicted molar refractivity (Wildman–Crippen MR) is 93.2 cm³/mol. The number of fused-ring (bicyclic) bond motifs is 3. The topological polar surface area (TPSA) is 46.3 Å². The van der Waals surface area contributed by atoms with Gasteiger partial charge in [0.25, 0.3) is 5.91 Å². The Morgan fingerprint density at radius 2 is 1.48 bits per heavy atom. The number of hydrogen-bond acceptors (Lipinski definition) is 2. The number of nitrogens with zero attached hydrogens (tertiary/aromatic N) is 1. The van der Waals surface area contributed by atoms with Gasteiger partial charge in [0.05, 0.1) is 12.2 Å². The van der Waals surface area contributed by atoms with Crippen LogP contribution in [0.4, 0.5) is 11.4 Å². The van der Waals surface area contributed by atoms with Crippen LogP contribution in [0.25, 0.3) is 11.1 Å². The molecule has 0 saturated heterocycles. The third-order valence-corrected chi connectivity index (χ3v) is 4.23. The van der Waals surface area contributed by atoms with Gasteiger partial charge >= 0.3 is 0 Å². The van der Waals surface area contributed by atoms with Crippen molar-refractivity contribution >= 4 is 17.3 Å². The fourth-order valence-corrected chi connectivity index (χ4v) is 3.08. The molecule has 0 aliphatic carbocycles. The summed E-state index contributed by atoms with van der Waals surface area (Å²) >= 11 is 0. The van der Waals surface area contributed by atoms with E-state index in [1.165, 1.54) is 5.56 Å². The summed E-state index contributed by atoms with van der Waals surface area (Å²) in [6, 6.07) is 23.4. The first-order valence-corrected chi connectivity index (χ1v) is 7.59. The highest BCUT2D eigenvalue weighted by Crippen LogP contribution is 2.39. The molecule has 3 nitrogen and oxygen atoms in total. The minimum atomic E-state index is -0.00745. The second kappa shape index (κ2) is 5.29. The van der Waals surface area contributed by atoms with Crippen LogP contribution < -0.4 is 10.6 Å². The Labute approximate surface area is 135 Å². The Hall–Kier alpha value is -3.07. The molecular weight excluding hydrogens is 284 g/mol. The van der Waals surface area contributed by atoms with Crippen LogP contribution in [0.15, 0.2) is 72.8 Å². The van der Waals surface area contributed by atoms with E-state index in [1.807, 2.05) is 35.2 Å². The molecule has 1 amide bonds. The minimum Gasteiger partial charge on any atom is -0.399 e. The quantitative estimate of drug-likeness (QED) is 0.688. The fourth-order valence-electron chi connectivity index (χ4n) is 3.08. The van der Waals surface area contributed by atoms with Crippen LogP contribution in [0.2, 0.25) is 0 Å². The normalized spacial score (nSPS) is 12.4. The van der Waals surface area contributed by atoms with Gasteiger partial charge in [0.15, 0.2) is 0 Å². The average molecular weight is 300 g/mol. The van der Waals surface area contributed by atoms with E-state index < -0.39 is 0 Å². The van der Waals surface area contributed by atoms with Crippen LogP contribution in [0.1, 0.15) is 15.9 Å². The van der Waals surface area contributed by atoms with Gasteiger partial charge in [-0.05, 0) is 41.5 Å². The van der Waals surface area contributed by atoms with Gasteiger partial charge in [-0.1, -0.05) is 42.5 Å². The number of hydrogen-bond donors (Lipinski definition) is 1. The van der Waals surface area contributed by atoms with Crippen LogP contribution in [-0.4, -0.2) is 5.91 Å². The molecule has 23 heavy (non-hydrogen) atoms. The van der Waals surface area contributed by atoms with Crippen LogP contribution >= 0.6 is 0 Å². The first-order chi connectivity index (χ1) is 11.2. The van der Waals surface area contributed by atoms with E-state index in [4.69, 9.17) is 5.73 Å². The second-order valence-electron chi connectivity index (χ2n) is 5.69. The molecule has 4 rings (SSSR count). The summed E-state index contributed by atoms with van der Waals surface area (Å²) in [5, 5.41) is 0. The maximum atomic E-state index is 13.0. The highest BCUT2D eigenvalue weighted by molar-refractivity contribution is 6.09. The van der Waals surface area contributed by atoms with Crippen molar-refractivity contribution < 1.29 is 4.79 Å². The van der Waals surface area contributed by atoms with E-state index in [1.54, 1.807) is 24.3 Å². The molecule has 3 heteroatoms. The molecule has 2 N–H and O–H groups in total. The van der Waals surface area contributed by atoms with Crippen LogP contribution in [0.5, 0.6) is 0 Å². The molecule has 0 radical (unpaired) electrons. The Morgan fingerprint density at radius 3 is 2.26 bits per heavy atom. The standard InChI is InChI=1S/C20H16N2O/c21-16-11-9-14(10-12-16)20(23)22-13-15-5-1-2-6-17(15)18-7-3-4-8-19(18)22/h1-12H,13,21H2. The number of nitrogen functional groups attached to an aromatic ring is 1. The van der Waals surface area contributed by atoms with Crippen molar-refractivity contribution in [1.29, 1.82) is 0 Å². The van der Waals surface area contributed by atoms with Crippen molar-refractivity contribution in [2.75, 3.05) is 10.6 Å². The highest BCUT2D eigenvalue weighted by Gasteiger charge is 2.26. The third kappa shape index (κ3) is 2.27. The number of nitrogens with two attached hydrogens (primary N) is 1. The van der Waals surface area contributed by atoms with Gasteiger partial charge in [0.2, 0.25) is 0 Å². The van der Waals surface area contributed by atoms with Gasteiger partial charge in [-0.2, -0.15) is 0 Å². The molecule has 0 spiro atoms. The summed E-state index contributed by atoms with van der Waals surface area (Å²) in [6.45, 7) is 0.580. The van der Waals surface area contributed by atoms with Crippen molar-refractivity contribution in [2.45, 2.75) is 6.54 Å². The van der Waals surface area contributed by atoms with Gasteiger partial charge in [0, 0.05) is 16.8 Å². The maximum absolute atomic E-state index is 13.0. The summed E-state index contributed by atoms with van der Waals surface area (Å²) in [5.41, 5.74) is 11.4. The lowest BCUT2D eigenvalue weighted by Gasteiger charge is -2.31. The minimum absolute atomic E-state index is 0.00745. The van der Waals surface area contributed by atoms with Crippen LogP contribution in [0.3, 0.4) is 0 Å². The van der Waals surface area contributed by atoms with Gasteiger partial charge < -0.3 is 10.6 Å². The molecule has 1 aliphatic heterocycles. The molecule has 3 aromatic carbocycles. The lowest BCUT2D eigenvalue weighted by atomic mass is 9.93. The number of carbonyl (C=O) groups is 1. The number of benzene rings is 3. The van der Waals surface area contributed by atoms with Crippen LogP contribution in [-0.2, 0) is 6.54 Å². The van der Waals surface area contributed by atoms with E-state index >= 15 is 0 Å². The zero-order valence-corrected chi connectivity index (χ0v) is 12.6. The number of amides is 1. The van der Waals surface area contributed by atoms with Crippen molar-refractivity contribution in [3.63, 3.8) is 0 Å². The van der Waals surface area contributed by atoms with Crippen molar-refractivity contribution in [3.8, 4) is 11.1 Å². The molecule has 0 aromatic heterocycles. The smallest absolute Gasteiger partial charge is 0.258 e. The van der Waals surface area contributed by atoms with E-state index in [-0.39, 0.29) is 5.91 Å². The molecule has 1 heterocycles. The van der Waals surface area contributed by atoms with Gasteiger partial charge in [0.1, 0.15) is 0 Å². The number of para-hydroxylation sites is 1. The van der Waals surface area contributed by atoms with Gasteiger partial charge in [-0.3, -0.25) is 4.79 Å². The first kappa shape index (κ1) is 13.6. The van der Waals surface area contributed by atoms with E-state index in [0.717, 1.165) is 16.8 Å². The Morgan fingerprint density at radius 1 is 0.826 bits per heavy atom. The van der Waals surface area contributed by atoms with Crippen molar-refractivity contribution in [2.24, 2.45) is 0 Å².